The summed E-state index contributed by atoms with van der Waals surface area (Å²) in [5.74, 6) is -0.290. The van der Waals surface area contributed by atoms with Crippen LogP contribution in [0.3, 0.4) is 0 Å². The Balaban J connectivity index is 1.68. The summed E-state index contributed by atoms with van der Waals surface area (Å²) in [5.41, 5.74) is 1.11. The summed E-state index contributed by atoms with van der Waals surface area (Å²) in [7, 11) is 0. The van der Waals surface area contributed by atoms with Gasteiger partial charge in [0.15, 0.2) is 0 Å². The van der Waals surface area contributed by atoms with Gasteiger partial charge in [0.25, 0.3) is 0 Å². The SMILES string of the molecule is C[C@]12C(O)N(c3cc(Cl)cc(Cl)c3)C(=O)[C@H]1[C@H]2c1ccc(Br)cc1. The molecule has 1 saturated heterocycles. The van der Waals surface area contributed by atoms with Crippen molar-refractivity contribution < 1.29 is 9.90 Å². The van der Waals surface area contributed by atoms with Gasteiger partial charge in [-0.2, -0.15) is 0 Å². The number of carbonyl (C=O) groups excluding carboxylic acids is 1. The third-order valence-electron chi connectivity index (χ3n) is 5.22. The van der Waals surface area contributed by atoms with Gasteiger partial charge in [-0.25, -0.2) is 0 Å². The molecule has 2 fully saturated rings. The van der Waals surface area contributed by atoms with Gasteiger partial charge < -0.3 is 5.11 Å². The van der Waals surface area contributed by atoms with Crippen molar-refractivity contribution >= 4 is 50.7 Å². The Morgan fingerprint density at radius 3 is 2.17 bits per heavy atom. The van der Waals surface area contributed by atoms with E-state index in [9.17, 15) is 9.90 Å². The number of benzene rings is 2. The molecule has 4 atom stereocenters. The zero-order chi connectivity index (χ0) is 17.2. The van der Waals surface area contributed by atoms with Gasteiger partial charge in [-0.15, -0.1) is 0 Å². The maximum absolute atomic E-state index is 12.9. The average Bonchev–Trinajstić information content (AvgIpc) is 3.08. The monoisotopic (exact) mass is 425 g/mol. The van der Waals surface area contributed by atoms with Crippen LogP contribution in [0.2, 0.25) is 10.0 Å². The number of rotatable bonds is 2. The number of aliphatic hydroxyl groups excluding tert-OH is 1. The van der Waals surface area contributed by atoms with Gasteiger partial charge in [0, 0.05) is 31.5 Å². The highest BCUT2D eigenvalue weighted by atomic mass is 79.9. The molecular weight excluding hydrogens is 413 g/mol. The third kappa shape index (κ3) is 2.24. The molecule has 124 valence electrons. The van der Waals surface area contributed by atoms with Crippen molar-refractivity contribution in [3.05, 3.63) is 62.5 Å². The van der Waals surface area contributed by atoms with Crippen molar-refractivity contribution in [3.8, 4) is 0 Å². The fraction of sp³-hybridized carbons (Fsp3) is 0.278. The van der Waals surface area contributed by atoms with Crippen LogP contribution in [0, 0.1) is 11.3 Å². The van der Waals surface area contributed by atoms with Crippen LogP contribution < -0.4 is 4.90 Å². The zero-order valence-electron chi connectivity index (χ0n) is 12.7. The second-order valence-corrected chi connectivity index (χ2v) is 8.37. The number of nitrogens with zero attached hydrogens (tertiary/aromatic N) is 1. The number of piperidine rings is 1. The normalized spacial score (nSPS) is 31.3. The molecule has 2 aliphatic rings. The van der Waals surface area contributed by atoms with Crippen LogP contribution in [0.4, 0.5) is 5.69 Å². The largest absolute Gasteiger partial charge is 0.373 e. The molecule has 0 radical (unpaired) electrons. The standard InChI is InChI=1S/C18H14BrCl2NO2/c1-18-14(9-2-4-10(19)5-3-9)15(18)16(23)22(17(18)24)13-7-11(20)6-12(21)8-13/h2-8,14-15,17,24H,1H3/t14-,15-,17?,18-/m1/s1. The molecule has 0 aromatic heterocycles. The molecule has 1 aliphatic heterocycles. The van der Waals surface area contributed by atoms with Crippen molar-refractivity contribution in [2.24, 2.45) is 11.3 Å². The Hall–Kier alpha value is -1.07. The lowest BCUT2D eigenvalue weighted by Crippen LogP contribution is -2.40. The molecular formula is C18H14BrCl2NO2. The minimum absolute atomic E-state index is 0.0269. The number of aliphatic hydroxyl groups is 1. The first kappa shape index (κ1) is 16.4. The zero-order valence-corrected chi connectivity index (χ0v) is 15.8. The molecule has 3 nitrogen and oxygen atoms in total. The quantitative estimate of drug-likeness (QED) is 0.746. The van der Waals surface area contributed by atoms with E-state index in [0.29, 0.717) is 15.7 Å². The van der Waals surface area contributed by atoms with Crippen LogP contribution in [0.25, 0.3) is 0 Å². The molecule has 1 N–H and O–H groups in total. The van der Waals surface area contributed by atoms with Crippen molar-refractivity contribution in [1.29, 1.82) is 0 Å². The molecule has 1 heterocycles. The summed E-state index contributed by atoms with van der Waals surface area (Å²) in [6.45, 7) is 1.96. The lowest BCUT2D eigenvalue weighted by Gasteiger charge is -2.29. The fourth-order valence-electron chi connectivity index (χ4n) is 3.98. The van der Waals surface area contributed by atoms with E-state index in [1.54, 1.807) is 18.2 Å². The van der Waals surface area contributed by atoms with E-state index < -0.39 is 11.6 Å². The van der Waals surface area contributed by atoms with Gasteiger partial charge >= 0.3 is 0 Å². The first-order valence-electron chi connectivity index (χ1n) is 7.56. The van der Waals surface area contributed by atoms with E-state index in [1.807, 2.05) is 31.2 Å². The maximum atomic E-state index is 12.9. The van der Waals surface area contributed by atoms with Crippen molar-refractivity contribution in [3.63, 3.8) is 0 Å². The molecule has 4 rings (SSSR count). The first-order valence-corrected chi connectivity index (χ1v) is 9.11. The number of hydrogen-bond donors (Lipinski definition) is 1. The molecule has 1 unspecified atom stereocenters. The highest BCUT2D eigenvalue weighted by Crippen LogP contribution is 2.71. The van der Waals surface area contributed by atoms with Crippen LogP contribution in [0.15, 0.2) is 46.9 Å². The number of anilines is 1. The second-order valence-electron chi connectivity index (χ2n) is 6.58. The van der Waals surface area contributed by atoms with Crippen LogP contribution in [-0.4, -0.2) is 17.2 Å². The number of fused-ring (bicyclic) bond motifs is 1. The molecule has 0 bridgehead atoms. The summed E-state index contributed by atoms with van der Waals surface area (Å²) in [5, 5.41) is 11.7. The van der Waals surface area contributed by atoms with Gasteiger partial charge in [0.2, 0.25) is 5.91 Å². The average molecular weight is 427 g/mol. The van der Waals surface area contributed by atoms with Crippen molar-refractivity contribution in [1.82, 2.24) is 0 Å². The number of carbonyl (C=O) groups is 1. The summed E-state index contributed by atoms with van der Waals surface area (Å²) < 4.78 is 0.990. The highest BCUT2D eigenvalue weighted by molar-refractivity contribution is 9.10. The molecule has 2 aromatic rings. The Morgan fingerprint density at radius 1 is 1.08 bits per heavy atom. The molecule has 1 amide bonds. The lowest BCUT2D eigenvalue weighted by molar-refractivity contribution is -0.119. The number of amides is 1. The van der Waals surface area contributed by atoms with Crippen LogP contribution in [0.1, 0.15) is 18.4 Å². The smallest absolute Gasteiger partial charge is 0.233 e. The van der Waals surface area contributed by atoms with Gasteiger partial charge in [-0.3, -0.25) is 9.69 Å². The molecule has 0 spiro atoms. The Labute approximate surface area is 158 Å². The molecule has 6 heteroatoms. The van der Waals surface area contributed by atoms with E-state index in [4.69, 9.17) is 23.2 Å². The Morgan fingerprint density at radius 2 is 1.67 bits per heavy atom. The predicted octanol–water partition coefficient (Wildman–Crippen LogP) is 4.84. The van der Waals surface area contributed by atoms with Crippen molar-refractivity contribution in [2.45, 2.75) is 19.1 Å². The summed E-state index contributed by atoms with van der Waals surface area (Å²) in [4.78, 5) is 14.3. The van der Waals surface area contributed by atoms with Gasteiger partial charge in [0.05, 0.1) is 5.92 Å². The molecule has 1 aliphatic carbocycles. The maximum Gasteiger partial charge on any atom is 0.233 e. The second kappa shape index (κ2) is 5.46. The van der Waals surface area contributed by atoms with E-state index in [2.05, 4.69) is 15.9 Å². The van der Waals surface area contributed by atoms with Gasteiger partial charge in [-0.05, 0) is 35.9 Å². The number of hydrogen-bond acceptors (Lipinski definition) is 2. The summed E-state index contributed by atoms with van der Waals surface area (Å²) >= 11 is 15.5. The van der Waals surface area contributed by atoms with E-state index in [-0.39, 0.29) is 17.7 Å². The van der Waals surface area contributed by atoms with Crippen LogP contribution in [0.5, 0.6) is 0 Å². The minimum Gasteiger partial charge on any atom is -0.373 e. The van der Waals surface area contributed by atoms with Crippen LogP contribution in [-0.2, 0) is 4.79 Å². The highest BCUT2D eigenvalue weighted by Gasteiger charge is 2.76. The number of halogens is 3. The van der Waals surface area contributed by atoms with Crippen LogP contribution >= 0.6 is 39.1 Å². The molecule has 24 heavy (non-hydrogen) atoms. The fourth-order valence-corrected chi connectivity index (χ4v) is 4.76. The topological polar surface area (TPSA) is 40.5 Å². The van der Waals surface area contributed by atoms with E-state index in [0.717, 1.165) is 10.0 Å². The third-order valence-corrected chi connectivity index (χ3v) is 6.19. The predicted molar refractivity (Wildman–Crippen MR) is 98.4 cm³/mol. The Bertz CT molecular complexity index is 821. The lowest BCUT2D eigenvalue weighted by atomic mass is 9.99. The molecule has 1 saturated carbocycles. The van der Waals surface area contributed by atoms with E-state index in [1.165, 1.54) is 4.90 Å². The van der Waals surface area contributed by atoms with Crippen molar-refractivity contribution in [2.75, 3.05) is 4.90 Å². The first-order chi connectivity index (χ1) is 11.3. The van der Waals surface area contributed by atoms with Gasteiger partial charge in [0.1, 0.15) is 6.23 Å². The molecule has 2 aromatic carbocycles. The van der Waals surface area contributed by atoms with E-state index >= 15 is 0 Å². The van der Waals surface area contributed by atoms with Gasteiger partial charge in [-0.1, -0.05) is 58.2 Å². The minimum atomic E-state index is -0.904. The summed E-state index contributed by atoms with van der Waals surface area (Å²) in [6, 6.07) is 12.8. The Kier molecular flexibility index (Phi) is 3.73. The summed E-state index contributed by atoms with van der Waals surface area (Å²) in [6.07, 6.45) is -0.904.